The van der Waals surface area contributed by atoms with Crippen LogP contribution in [-0.4, -0.2) is 5.84 Å². The van der Waals surface area contributed by atoms with Crippen LogP contribution in [0.3, 0.4) is 0 Å². The Morgan fingerprint density at radius 2 is 1.50 bits per heavy atom. The van der Waals surface area contributed by atoms with Gasteiger partial charge >= 0.3 is 0 Å². The zero-order valence-electron chi connectivity index (χ0n) is 11.0. The first-order valence-corrected chi connectivity index (χ1v) is 6.46. The first-order chi connectivity index (χ1) is 9.86. The van der Waals surface area contributed by atoms with Gasteiger partial charge in [-0.05, 0) is 29.0 Å². The van der Waals surface area contributed by atoms with Gasteiger partial charge in [0.25, 0.3) is 0 Å². The van der Waals surface area contributed by atoms with Crippen molar-refractivity contribution in [1.82, 2.24) is 5.43 Å². The molecule has 0 fully saturated rings. The van der Waals surface area contributed by atoms with E-state index in [-0.39, 0.29) is 0 Å². The zero-order valence-corrected chi connectivity index (χ0v) is 11.0. The summed E-state index contributed by atoms with van der Waals surface area (Å²) in [4.78, 5) is 4.53. The Kier molecular flexibility index (Phi) is 3.44. The largest absolute Gasteiger partial charge is 0.308 e. The van der Waals surface area contributed by atoms with Crippen LogP contribution >= 0.6 is 0 Å². The Morgan fingerprint density at radius 1 is 0.800 bits per heavy atom. The van der Waals surface area contributed by atoms with E-state index in [1.807, 2.05) is 48.5 Å². The van der Waals surface area contributed by atoms with Crippen LogP contribution in [-0.2, 0) is 0 Å². The number of rotatable bonds is 2. The van der Waals surface area contributed by atoms with E-state index in [9.17, 15) is 0 Å². The molecule has 0 atom stereocenters. The second-order valence-electron chi connectivity index (χ2n) is 4.50. The molecular weight excluding hydrogens is 246 g/mol. The third-order valence-corrected chi connectivity index (χ3v) is 3.16. The smallest absolute Gasteiger partial charge is 0.147 e. The average Bonchev–Trinajstić information content (AvgIpc) is 2.53. The molecule has 3 nitrogen and oxygen atoms in total. The predicted molar refractivity (Wildman–Crippen MR) is 83.9 cm³/mol. The fraction of sp³-hybridized carbons (Fsp3) is 0. The summed E-state index contributed by atoms with van der Waals surface area (Å²) >= 11 is 0. The molecule has 20 heavy (non-hydrogen) atoms. The van der Waals surface area contributed by atoms with Crippen molar-refractivity contribution in [1.29, 1.82) is 0 Å². The number of para-hydroxylation sites is 1. The third-order valence-electron chi connectivity index (χ3n) is 3.16. The van der Waals surface area contributed by atoms with Crippen LogP contribution in [0.1, 0.15) is 5.56 Å². The number of hydrogen-bond acceptors (Lipinski definition) is 2. The first kappa shape index (κ1) is 12.4. The minimum atomic E-state index is 0.655. The summed E-state index contributed by atoms with van der Waals surface area (Å²) in [6.07, 6.45) is 0. The molecule has 3 heteroatoms. The van der Waals surface area contributed by atoms with Gasteiger partial charge in [-0.3, -0.25) is 0 Å². The van der Waals surface area contributed by atoms with Crippen molar-refractivity contribution in [3.8, 4) is 0 Å². The molecule has 3 N–H and O–H groups in total. The summed E-state index contributed by atoms with van der Waals surface area (Å²) in [5.74, 6) is 6.27. The number of nitrogens with zero attached hydrogens (tertiary/aromatic N) is 1. The Bertz CT molecular complexity index is 748. The molecule has 0 aliphatic carbocycles. The van der Waals surface area contributed by atoms with Gasteiger partial charge in [-0.15, -0.1) is 0 Å². The molecule has 0 saturated carbocycles. The van der Waals surface area contributed by atoms with Crippen LogP contribution in [0.5, 0.6) is 0 Å². The van der Waals surface area contributed by atoms with E-state index >= 15 is 0 Å². The van der Waals surface area contributed by atoms with Crippen molar-refractivity contribution in [3.05, 3.63) is 78.4 Å². The van der Waals surface area contributed by atoms with E-state index in [1.165, 1.54) is 10.8 Å². The molecule has 3 rings (SSSR count). The van der Waals surface area contributed by atoms with Gasteiger partial charge in [0.2, 0.25) is 0 Å². The maximum absolute atomic E-state index is 5.62. The lowest BCUT2D eigenvalue weighted by molar-refractivity contribution is 1.02. The van der Waals surface area contributed by atoms with E-state index in [0.29, 0.717) is 5.84 Å². The van der Waals surface area contributed by atoms with Gasteiger partial charge in [-0.2, -0.15) is 0 Å². The molecule has 0 saturated heterocycles. The van der Waals surface area contributed by atoms with E-state index in [0.717, 1.165) is 11.3 Å². The number of amidine groups is 1. The molecule has 0 amide bonds. The fourth-order valence-electron chi connectivity index (χ4n) is 2.15. The first-order valence-electron chi connectivity index (χ1n) is 6.46. The van der Waals surface area contributed by atoms with Gasteiger partial charge in [-0.25, -0.2) is 10.8 Å². The molecule has 3 aromatic carbocycles. The molecule has 0 bridgehead atoms. The number of hydrogen-bond donors (Lipinski definition) is 2. The standard InChI is InChI=1S/C17H15N3/c18-20-17(19-16-8-2-1-3-9-16)15-11-10-13-6-4-5-7-14(13)12-15/h1-12H,18H2,(H,19,20). The summed E-state index contributed by atoms with van der Waals surface area (Å²) in [7, 11) is 0. The fourth-order valence-corrected chi connectivity index (χ4v) is 2.15. The Balaban J connectivity index is 2.05. The van der Waals surface area contributed by atoms with Crippen LogP contribution in [0.2, 0.25) is 0 Å². The van der Waals surface area contributed by atoms with Gasteiger partial charge < -0.3 is 5.43 Å². The summed E-state index contributed by atoms with van der Waals surface area (Å²) in [5.41, 5.74) is 4.52. The summed E-state index contributed by atoms with van der Waals surface area (Å²) in [5, 5.41) is 2.37. The topological polar surface area (TPSA) is 50.4 Å². The van der Waals surface area contributed by atoms with Crippen LogP contribution < -0.4 is 11.3 Å². The zero-order chi connectivity index (χ0) is 13.8. The number of hydrazine groups is 1. The monoisotopic (exact) mass is 261 g/mol. The van der Waals surface area contributed by atoms with Crippen LogP contribution in [0, 0.1) is 0 Å². The minimum Gasteiger partial charge on any atom is -0.308 e. The highest BCUT2D eigenvalue weighted by Gasteiger charge is 2.03. The molecule has 0 aliphatic rings. The lowest BCUT2D eigenvalue weighted by Crippen LogP contribution is -2.30. The number of benzene rings is 3. The predicted octanol–water partition coefficient (Wildman–Crippen LogP) is 3.38. The molecular formula is C17H15N3. The lowest BCUT2D eigenvalue weighted by atomic mass is 10.1. The van der Waals surface area contributed by atoms with Gasteiger partial charge in [-0.1, -0.05) is 54.6 Å². The van der Waals surface area contributed by atoms with E-state index in [1.54, 1.807) is 0 Å². The second-order valence-corrected chi connectivity index (χ2v) is 4.50. The van der Waals surface area contributed by atoms with Gasteiger partial charge in [0.1, 0.15) is 5.84 Å². The Labute approximate surface area is 117 Å². The van der Waals surface area contributed by atoms with Crippen LogP contribution in [0.25, 0.3) is 10.8 Å². The maximum atomic E-state index is 5.62. The third kappa shape index (κ3) is 2.53. The second kappa shape index (κ2) is 5.55. The Morgan fingerprint density at radius 3 is 2.25 bits per heavy atom. The van der Waals surface area contributed by atoms with Crippen molar-refractivity contribution >= 4 is 22.3 Å². The highest BCUT2D eigenvalue weighted by molar-refractivity contribution is 6.02. The summed E-state index contributed by atoms with van der Waals surface area (Å²) in [6, 6.07) is 24.1. The SMILES string of the molecule is NNC(=Nc1ccccc1)c1ccc2ccccc2c1. The molecule has 0 unspecified atom stereocenters. The number of nitrogens with one attached hydrogen (secondary N) is 1. The average molecular weight is 261 g/mol. The number of nitrogens with two attached hydrogens (primary N) is 1. The van der Waals surface area contributed by atoms with Crippen molar-refractivity contribution in [3.63, 3.8) is 0 Å². The molecule has 0 radical (unpaired) electrons. The summed E-state index contributed by atoms with van der Waals surface area (Å²) < 4.78 is 0. The summed E-state index contributed by atoms with van der Waals surface area (Å²) in [6.45, 7) is 0. The highest BCUT2D eigenvalue weighted by Crippen LogP contribution is 2.17. The number of fused-ring (bicyclic) bond motifs is 1. The molecule has 0 aliphatic heterocycles. The normalized spacial score (nSPS) is 11.6. The van der Waals surface area contributed by atoms with Crippen molar-refractivity contribution in [2.45, 2.75) is 0 Å². The van der Waals surface area contributed by atoms with Crippen molar-refractivity contribution < 1.29 is 0 Å². The van der Waals surface area contributed by atoms with Gasteiger partial charge in [0.05, 0.1) is 5.69 Å². The van der Waals surface area contributed by atoms with E-state index < -0.39 is 0 Å². The van der Waals surface area contributed by atoms with Crippen LogP contribution in [0.4, 0.5) is 5.69 Å². The van der Waals surface area contributed by atoms with Crippen molar-refractivity contribution in [2.75, 3.05) is 0 Å². The van der Waals surface area contributed by atoms with E-state index in [2.05, 4.69) is 34.7 Å². The van der Waals surface area contributed by atoms with Gasteiger partial charge in [0.15, 0.2) is 0 Å². The molecule has 3 aromatic rings. The minimum absolute atomic E-state index is 0.655. The Hall–Kier alpha value is -2.65. The number of aliphatic imine (C=N–C) groups is 1. The van der Waals surface area contributed by atoms with Crippen LogP contribution in [0.15, 0.2) is 77.8 Å². The molecule has 0 aromatic heterocycles. The van der Waals surface area contributed by atoms with Gasteiger partial charge in [0, 0.05) is 5.56 Å². The molecule has 0 spiro atoms. The van der Waals surface area contributed by atoms with E-state index in [4.69, 9.17) is 5.84 Å². The van der Waals surface area contributed by atoms with Crippen molar-refractivity contribution in [2.24, 2.45) is 10.8 Å². The highest BCUT2D eigenvalue weighted by atomic mass is 15.2. The maximum Gasteiger partial charge on any atom is 0.147 e. The molecule has 0 heterocycles. The lowest BCUT2D eigenvalue weighted by Gasteiger charge is -2.07. The quantitative estimate of drug-likeness (QED) is 0.321. The molecule has 98 valence electrons.